The van der Waals surface area contributed by atoms with E-state index in [0.717, 1.165) is 5.69 Å². The molecule has 0 atom stereocenters. The lowest BCUT2D eigenvalue weighted by Gasteiger charge is -2.12. The second-order valence-corrected chi connectivity index (χ2v) is 6.59. The van der Waals surface area contributed by atoms with Crippen molar-refractivity contribution in [2.24, 2.45) is 0 Å². The van der Waals surface area contributed by atoms with Crippen molar-refractivity contribution in [3.63, 3.8) is 0 Å². The Bertz CT molecular complexity index is 979. The van der Waals surface area contributed by atoms with Crippen molar-refractivity contribution in [3.8, 4) is 5.82 Å². The first-order valence-corrected chi connectivity index (χ1v) is 9.20. The Kier molecular flexibility index (Phi) is 5.84. The van der Waals surface area contributed by atoms with Crippen LogP contribution in [0, 0.1) is 0 Å². The van der Waals surface area contributed by atoms with Crippen LogP contribution in [-0.4, -0.2) is 33.1 Å². The topological polar surface area (TPSA) is 88.9 Å². The fourth-order valence-corrected chi connectivity index (χ4v) is 2.95. The molecule has 3 aromatic rings. The van der Waals surface area contributed by atoms with Crippen molar-refractivity contribution in [3.05, 3.63) is 71.7 Å². The molecule has 0 saturated carbocycles. The minimum absolute atomic E-state index is 0.0620. The predicted octanol–water partition coefficient (Wildman–Crippen LogP) is 3.39. The number of anilines is 1. The molecule has 0 aliphatic heterocycles. The molecule has 2 amide bonds. The summed E-state index contributed by atoms with van der Waals surface area (Å²) in [5.74, 6) is 0.263. The number of hydrogen-bond acceptors (Lipinski definition) is 4. The number of nitrogens with zero attached hydrogens (tertiary/aromatic N) is 3. The number of rotatable bonds is 6. The minimum Gasteiger partial charge on any atom is -0.352 e. The molecule has 144 valence electrons. The predicted molar refractivity (Wildman–Crippen MR) is 108 cm³/mol. The molecule has 0 fully saturated rings. The van der Waals surface area contributed by atoms with Gasteiger partial charge in [-0.3, -0.25) is 9.59 Å². The van der Waals surface area contributed by atoms with E-state index in [0.29, 0.717) is 29.2 Å². The molecule has 2 aromatic heterocycles. The molecule has 0 aliphatic rings. The van der Waals surface area contributed by atoms with Gasteiger partial charge in [-0.05, 0) is 43.2 Å². The Morgan fingerprint density at radius 2 is 1.93 bits per heavy atom. The molecule has 7 nitrogen and oxygen atoms in total. The molecule has 2 N–H and O–H groups in total. The molecule has 0 saturated heterocycles. The van der Waals surface area contributed by atoms with E-state index in [1.54, 1.807) is 41.3 Å². The Balaban J connectivity index is 1.89. The van der Waals surface area contributed by atoms with Gasteiger partial charge in [0.15, 0.2) is 5.82 Å². The van der Waals surface area contributed by atoms with E-state index < -0.39 is 0 Å². The molecule has 3 rings (SSSR count). The summed E-state index contributed by atoms with van der Waals surface area (Å²) in [5.41, 5.74) is 2.29. The van der Waals surface area contributed by atoms with Crippen LogP contribution in [0.3, 0.4) is 0 Å². The van der Waals surface area contributed by atoms with E-state index >= 15 is 0 Å². The van der Waals surface area contributed by atoms with Gasteiger partial charge in [-0.1, -0.05) is 26.0 Å². The second-order valence-electron chi connectivity index (χ2n) is 6.59. The Morgan fingerprint density at radius 1 is 1.11 bits per heavy atom. The maximum Gasteiger partial charge on any atom is 0.259 e. The first kappa shape index (κ1) is 19.3. The summed E-state index contributed by atoms with van der Waals surface area (Å²) in [4.78, 5) is 29.2. The lowest BCUT2D eigenvalue weighted by atomic mass is 10.1. The monoisotopic (exact) mass is 377 g/mol. The van der Waals surface area contributed by atoms with Crippen LogP contribution in [0.2, 0.25) is 0 Å². The van der Waals surface area contributed by atoms with Gasteiger partial charge >= 0.3 is 0 Å². The number of hydrogen-bond donors (Lipinski definition) is 2. The normalized spacial score (nSPS) is 10.7. The van der Waals surface area contributed by atoms with Crippen molar-refractivity contribution in [2.75, 3.05) is 11.9 Å². The Morgan fingerprint density at radius 3 is 2.61 bits per heavy atom. The van der Waals surface area contributed by atoms with Crippen LogP contribution in [0.5, 0.6) is 0 Å². The minimum atomic E-state index is -0.279. The molecule has 2 heterocycles. The Labute approximate surface area is 163 Å². The standard InChI is InChI=1S/C21H23N5O2/c1-4-22-20(27)15-8-7-9-16(12-15)25-21(28)17-13-24-26(19(17)14(2)3)18-10-5-6-11-23-18/h5-14H,4H2,1-3H3,(H,22,27)(H,25,28). The third-order valence-electron chi connectivity index (χ3n) is 4.18. The van der Waals surface area contributed by atoms with E-state index in [-0.39, 0.29) is 17.7 Å². The summed E-state index contributed by atoms with van der Waals surface area (Å²) in [5, 5.41) is 9.98. The fraction of sp³-hybridized carbons (Fsp3) is 0.238. The summed E-state index contributed by atoms with van der Waals surface area (Å²) in [6, 6.07) is 12.4. The number of pyridine rings is 1. The summed E-state index contributed by atoms with van der Waals surface area (Å²) < 4.78 is 1.69. The Hall–Kier alpha value is -3.48. The highest BCUT2D eigenvalue weighted by Crippen LogP contribution is 2.23. The number of nitrogens with one attached hydrogen (secondary N) is 2. The molecule has 0 bridgehead atoms. The van der Waals surface area contributed by atoms with E-state index in [1.807, 2.05) is 39.0 Å². The zero-order valence-electron chi connectivity index (χ0n) is 16.1. The molecule has 0 unspecified atom stereocenters. The van der Waals surface area contributed by atoms with Gasteiger partial charge in [0.25, 0.3) is 11.8 Å². The number of benzene rings is 1. The number of carbonyl (C=O) groups excluding carboxylic acids is 2. The summed E-state index contributed by atoms with van der Waals surface area (Å²) >= 11 is 0. The molecule has 1 aromatic carbocycles. The van der Waals surface area contributed by atoms with Crippen LogP contribution in [0.15, 0.2) is 54.9 Å². The van der Waals surface area contributed by atoms with Gasteiger partial charge in [-0.15, -0.1) is 0 Å². The van der Waals surface area contributed by atoms with Gasteiger partial charge in [0.2, 0.25) is 0 Å². The second kappa shape index (κ2) is 8.47. The zero-order valence-corrected chi connectivity index (χ0v) is 16.1. The molecular formula is C21H23N5O2. The number of amides is 2. The van der Waals surface area contributed by atoms with Crippen molar-refractivity contribution in [1.82, 2.24) is 20.1 Å². The lowest BCUT2D eigenvalue weighted by Crippen LogP contribution is -2.23. The molecule has 0 aliphatic carbocycles. The molecular weight excluding hydrogens is 354 g/mol. The highest BCUT2D eigenvalue weighted by Gasteiger charge is 2.21. The van der Waals surface area contributed by atoms with E-state index in [1.165, 1.54) is 0 Å². The van der Waals surface area contributed by atoms with Crippen LogP contribution in [0.4, 0.5) is 5.69 Å². The van der Waals surface area contributed by atoms with Crippen LogP contribution in [0.1, 0.15) is 53.1 Å². The van der Waals surface area contributed by atoms with Crippen LogP contribution in [-0.2, 0) is 0 Å². The first-order chi connectivity index (χ1) is 13.5. The maximum absolute atomic E-state index is 12.9. The van der Waals surface area contributed by atoms with Gasteiger partial charge in [0.05, 0.1) is 17.5 Å². The van der Waals surface area contributed by atoms with Crippen molar-refractivity contribution < 1.29 is 9.59 Å². The smallest absolute Gasteiger partial charge is 0.259 e. The van der Waals surface area contributed by atoms with Crippen molar-refractivity contribution >= 4 is 17.5 Å². The molecule has 0 radical (unpaired) electrons. The number of carbonyl (C=O) groups is 2. The van der Waals surface area contributed by atoms with Gasteiger partial charge in [0.1, 0.15) is 0 Å². The van der Waals surface area contributed by atoms with Gasteiger partial charge in [-0.2, -0.15) is 5.10 Å². The summed E-state index contributed by atoms with van der Waals surface area (Å²) in [6.07, 6.45) is 3.24. The highest BCUT2D eigenvalue weighted by molar-refractivity contribution is 6.06. The van der Waals surface area contributed by atoms with Crippen molar-refractivity contribution in [2.45, 2.75) is 26.7 Å². The highest BCUT2D eigenvalue weighted by atomic mass is 16.2. The van der Waals surface area contributed by atoms with E-state index in [9.17, 15) is 9.59 Å². The van der Waals surface area contributed by atoms with E-state index in [2.05, 4.69) is 20.7 Å². The van der Waals surface area contributed by atoms with Gasteiger partial charge < -0.3 is 10.6 Å². The number of aromatic nitrogens is 3. The fourth-order valence-electron chi connectivity index (χ4n) is 2.95. The largest absolute Gasteiger partial charge is 0.352 e. The quantitative estimate of drug-likeness (QED) is 0.689. The SMILES string of the molecule is CCNC(=O)c1cccc(NC(=O)c2cnn(-c3ccccn3)c2C(C)C)c1. The average molecular weight is 377 g/mol. The summed E-state index contributed by atoms with van der Waals surface area (Å²) in [7, 11) is 0. The van der Waals surface area contributed by atoms with Crippen LogP contribution in [0.25, 0.3) is 5.82 Å². The average Bonchev–Trinajstić information content (AvgIpc) is 3.15. The summed E-state index contributed by atoms with van der Waals surface area (Å²) in [6.45, 7) is 6.40. The first-order valence-electron chi connectivity index (χ1n) is 9.20. The third kappa shape index (κ3) is 4.09. The molecule has 7 heteroatoms. The maximum atomic E-state index is 12.9. The van der Waals surface area contributed by atoms with Gasteiger partial charge in [-0.25, -0.2) is 9.67 Å². The van der Waals surface area contributed by atoms with Crippen LogP contribution < -0.4 is 10.6 Å². The van der Waals surface area contributed by atoms with Gasteiger partial charge in [0, 0.05) is 24.0 Å². The van der Waals surface area contributed by atoms with E-state index in [4.69, 9.17) is 0 Å². The molecule has 0 spiro atoms. The lowest BCUT2D eigenvalue weighted by molar-refractivity contribution is 0.0954. The molecule has 28 heavy (non-hydrogen) atoms. The van der Waals surface area contributed by atoms with Crippen molar-refractivity contribution in [1.29, 1.82) is 0 Å². The third-order valence-corrected chi connectivity index (χ3v) is 4.18. The van der Waals surface area contributed by atoms with Crippen LogP contribution >= 0.6 is 0 Å². The zero-order chi connectivity index (χ0) is 20.1.